The summed E-state index contributed by atoms with van der Waals surface area (Å²) < 4.78 is 93.1. The molecule has 0 aliphatic carbocycles. The number of halogens is 10. The summed E-state index contributed by atoms with van der Waals surface area (Å²) >= 11 is 18.0. The highest BCUT2D eigenvalue weighted by Crippen LogP contribution is 2.53. The molecule has 0 saturated carbocycles. The quantitative estimate of drug-likeness (QED) is 0.216. The number of nitrogen functional groups attached to an aromatic ring is 1. The van der Waals surface area contributed by atoms with Crippen LogP contribution in [0.5, 0.6) is 0 Å². The molecular formula is C25H19Cl3F7N3O. The zero-order chi connectivity index (χ0) is 29.3. The summed E-state index contributed by atoms with van der Waals surface area (Å²) in [6, 6.07) is 7.36. The summed E-state index contributed by atoms with van der Waals surface area (Å²) in [5, 5.41) is 0.453. The maximum atomic E-state index is 14.4. The van der Waals surface area contributed by atoms with Gasteiger partial charge in [0, 0.05) is 24.8 Å². The Kier molecular flexibility index (Phi) is 8.98. The van der Waals surface area contributed by atoms with Gasteiger partial charge in [0.25, 0.3) is 5.91 Å². The van der Waals surface area contributed by atoms with Crippen molar-refractivity contribution in [3.05, 3.63) is 91.7 Å². The number of rotatable bonds is 7. The predicted molar refractivity (Wildman–Crippen MR) is 135 cm³/mol. The minimum Gasteiger partial charge on any atom is -0.396 e. The molecule has 0 saturated heterocycles. The molecular weight excluding hydrogens is 598 g/mol. The van der Waals surface area contributed by atoms with Crippen molar-refractivity contribution in [2.45, 2.75) is 37.9 Å². The SMILES string of the molecule is Cc1cnc(Cl)c(N)c1C(=O)N(CCc1ccc(Cl)c(Cl)c1)Cc1ccc(C(F)(C(F)(F)F)C(F)(F)F)cc1. The van der Waals surface area contributed by atoms with Crippen LogP contribution in [0.25, 0.3) is 0 Å². The van der Waals surface area contributed by atoms with E-state index in [2.05, 4.69) is 4.98 Å². The zero-order valence-electron chi connectivity index (χ0n) is 19.9. The third-order valence-corrected chi connectivity index (χ3v) is 6.96. The number of carbonyl (C=O) groups is 1. The Morgan fingerprint density at radius 1 is 0.897 bits per heavy atom. The number of hydrogen-bond donors (Lipinski definition) is 1. The highest BCUT2D eigenvalue weighted by molar-refractivity contribution is 6.42. The second-order valence-electron chi connectivity index (χ2n) is 8.60. The third-order valence-electron chi connectivity index (χ3n) is 5.92. The van der Waals surface area contributed by atoms with Crippen LogP contribution in [0.15, 0.2) is 48.7 Å². The molecule has 4 nitrogen and oxygen atoms in total. The van der Waals surface area contributed by atoms with Gasteiger partial charge in [0.15, 0.2) is 5.15 Å². The van der Waals surface area contributed by atoms with Gasteiger partial charge >= 0.3 is 18.0 Å². The van der Waals surface area contributed by atoms with Gasteiger partial charge in [0.05, 0.1) is 21.3 Å². The van der Waals surface area contributed by atoms with Gasteiger partial charge in [-0.3, -0.25) is 4.79 Å². The Balaban J connectivity index is 1.97. The van der Waals surface area contributed by atoms with Gasteiger partial charge in [-0.25, -0.2) is 9.37 Å². The number of hydrogen-bond acceptors (Lipinski definition) is 3. The molecule has 1 aromatic heterocycles. The standard InChI is InChI=1S/C25H19Cl3F7N3O/c1-13-11-37-21(28)20(36)19(13)22(39)38(9-8-14-4-7-17(26)18(27)10-14)12-15-2-5-16(6-3-15)23(29,24(30,31)32)25(33,34)35/h2-7,10-11H,8-9,12,36H2,1H3. The number of alkyl halides is 7. The topological polar surface area (TPSA) is 59.2 Å². The summed E-state index contributed by atoms with van der Waals surface area (Å²) in [6.45, 7) is 1.32. The molecule has 210 valence electrons. The van der Waals surface area contributed by atoms with E-state index in [-0.39, 0.29) is 46.5 Å². The van der Waals surface area contributed by atoms with Gasteiger partial charge in [-0.15, -0.1) is 0 Å². The number of aryl methyl sites for hydroxylation is 1. The minimum absolute atomic E-state index is 0.0233. The summed E-state index contributed by atoms with van der Waals surface area (Å²) in [5.41, 5.74) is -0.103. The molecule has 0 fully saturated rings. The fourth-order valence-corrected chi connectivity index (χ4v) is 4.27. The number of carbonyl (C=O) groups excluding carboxylic acids is 1. The molecule has 2 N–H and O–H groups in total. The molecule has 0 radical (unpaired) electrons. The van der Waals surface area contributed by atoms with Crippen LogP contribution in [0.4, 0.5) is 36.4 Å². The van der Waals surface area contributed by atoms with E-state index in [0.717, 1.165) is 12.1 Å². The lowest BCUT2D eigenvalue weighted by atomic mass is 9.93. The first-order valence-corrected chi connectivity index (χ1v) is 12.2. The van der Waals surface area contributed by atoms with Gasteiger partial charge in [0.1, 0.15) is 0 Å². The molecule has 3 rings (SSSR count). The molecule has 39 heavy (non-hydrogen) atoms. The Morgan fingerprint density at radius 3 is 2.00 bits per heavy atom. The van der Waals surface area contributed by atoms with Gasteiger partial charge in [0.2, 0.25) is 0 Å². The summed E-state index contributed by atoms with van der Waals surface area (Å²) in [6.07, 6.45) is -10.9. The molecule has 0 atom stereocenters. The van der Waals surface area contributed by atoms with Crippen molar-refractivity contribution in [1.82, 2.24) is 9.88 Å². The van der Waals surface area contributed by atoms with Crippen molar-refractivity contribution in [1.29, 1.82) is 0 Å². The van der Waals surface area contributed by atoms with Crippen molar-refractivity contribution in [3.63, 3.8) is 0 Å². The van der Waals surface area contributed by atoms with Crippen molar-refractivity contribution >= 4 is 46.4 Å². The number of pyridine rings is 1. The first-order valence-electron chi connectivity index (χ1n) is 11.0. The maximum absolute atomic E-state index is 14.4. The number of nitrogens with zero attached hydrogens (tertiary/aromatic N) is 2. The maximum Gasteiger partial charge on any atom is 0.435 e. The van der Waals surface area contributed by atoms with Crippen molar-refractivity contribution in [2.75, 3.05) is 12.3 Å². The lowest BCUT2D eigenvalue weighted by molar-refractivity contribution is -0.348. The van der Waals surface area contributed by atoms with E-state index >= 15 is 0 Å². The molecule has 0 aliphatic rings. The van der Waals surface area contributed by atoms with Gasteiger partial charge in [-0.2, -0.15) is 26.3 Å². The van der Waals surface area contributed by atoms with E-state index < -0.39 is 29.5 Å². The van der Waals surface area contributed by atoms with Crippen molar-refractivity contribution in [2.24, 2.45) is 0 Å². The van der Waals surface area contributed by atoms with Crippen LogP contribution in [0, 0.1) is 6.92 Å². The highest BCUT2D eigenvalue weighted by atomic mass is 35.5. The molecule has 1 heterocycles. The average Bonchev–Trinajstić information content (AvgIpc) is 2.84. The first kappa shape index (κ1) is 30.8. The highest BCUT2D eigenvalue weighted by Gasteiger charge is 2.73. The molecule has 1 amide bonds. The normalized spacial score (nSPS) is 12.5. The Hall–Kier alpha value is -2.76. The Bertz CT molecular complexity index is 1350. The van der Waals surface area contributed by atoms with Crippen LogP contribution >= 0.6 is 34.8 Å². The van der Waals surface area contributed by atoms with Crippen molar-refractivity contribution < 1.29 is 35.5 Å². The van der Waals surface area contributed by atoms with Gasteiger partial charge in [-0.1, -0.05) is 65.1 Å². The van der Waals surface area contributed by atoms with Crippen LogP contribution in [0.1, 0.15) is 32.6 Å². The fourth-order valence-electron chi connectivity index (χ4n) is 3.80. The fraction of sp³-hybridized carbons (Fsp3) is 0.280. The van der Waals surface area contributed by atoms with Crippen LogP contribution in [0.2, 0.25) is 15.2 Å². The van der Waals surface area contributed by atoms with Crippen LogP contribution < -0.4 is 5.73 Å². The second-order valence-corrected chi connectivity index (χ2v) is 9.77. The second kappa shape index (κ2) is 11.4. The largest absolute Gasteiger partial charge is 0.435 e. The molecule has 0 unspecified atom stereocenters. The van der Waals surface area contributed by atoms with E-state index in [1.807, 2.05) is 0 Å². The molecule has 0 bridgehead atoms. The molecule has 0 spiro atoms. The van der Waals surface area contributed by atoms with E-state index in [1.54, 1.807) is 25.1 Å². The molecule has 2 aromatic carbocycles. The smallest absolute Gasteiger partial charge is 0.396 e. The van der Waals surface area contributed by atoms with Crippen LogP contribution in [-0.4, -0.2) is 34.7 Å². The number of anilines is 1. The van der Waals surface area contributed by atoms with Crippen molar-refractivity contribution in [3.8, 4) is 0 Å². The number of aromatic nitrogens is 1. The lowest BCUT2D eigenvalue weighted by Gasteiger charge is -2.30. The number of amides is 1. The number of benzene rings is 2. The first-order chi connectivity index (χ1) is 18.0. The number of nitrogens with two attached hydrogens (primary N) is 1. The van der Waals surface area contributed by atoms with E-state index in [9.17, 15) is 35.5 Å². The summed E-state index contributed by atoms with van der Waals surface area (Å²) in [4.78, 5) is 18.7. The monoisotopic (exact) mass is 615 g/mol. The summed E-state index contributed by atoms with van der Waals surface area (Å²) in [7, 11) is 0. The predicted octanol–water partition coefficient (Wildman–Crippen LogP) is 8.11. The van der Waals surface area contributed by atoms with Crippen LogP contribution in [0.3, 0.4) is 0 Å². The van der Waals surface area contributed by atoms with E-state index in [4.69, 9.17) is 40.5 Å². The van der Waals surface area contributed by atoms with Gasteiger partial charge < -0.3 is 10.6 Å². The van der Waals surface area contributed by atoms with E-state index in [1.165, 1.54) is 11.1 Å². The zero-order valence-corrected chi connectivity index (χ0v) is 22.2. The Morgan fingerprint density at radius 2 is 1.46 bits per heavy atom. The summed E-state index contributed by atoms with van der Waals surface area (Å²) in [5.74, 6) is -0.621. The van der Waals surface area contributed by atoms with Gasteiger partial charge in [-0.05, 0) is 42.2 Å². The minimum atomic E-state index is -6.25. The molecule has 14 heteroatoms. The Labute approximate surface area is 233 Å². The third kappa shape index (κ3) is 6.36. The molecule has 0 aliphatic heterocycles. The van der Waals surface area contributed by atoms with Crippen LogP contribution in [-0.2, 0) is 18.6 Å². The lowest BCUT2D eigenvalue weighted by Crippen LogP contribution is -2.50. The average molecular weight is 617 g/mol. The van der Waals surface area contributed by atoms with E-state index in [0.29, 0.717) is 28.3 Å². The molecule has 3 aromatic rings.